The van der Waals surface area contributed by atoms with Crippen LogP contribution >= 0.6 is 0 Å². The highest BCUT2D eigenvalue weighted by molar-refractivity contribution is 5.46. The van der Waals surface area contributed by atoms with E-state index in [-0.39, 0.29) is 11.2 Å². The number of para-hydroxylation sites is 1. The fourth-order valence-electron chi connectivity index (χ4n) is 2.32. The van der Waals surface area contributed by atoms with E-state index in [2.05, 4.69) is 34.6 Å². The van der Waals surface area contributed by atoms with Gasteiger partial charge < -0.3 is 10.2 Å². The minimum absolute atomic E-state index is 0.251. The van der Waals surface area contributed by atoms with E-state index in [0.717, 1.165) is 23.5 Å². The monoisotopic (exact) mass is 314 g/mol. The Morgan fingerprint density at radius 3 is 1.87 bits per heavy atom. The van der Waals surface area contributed by atoms with Gasteiger partial charge in [0.25, 0.3) is 0 Å². The van der Waals surface area contributed by atoms with Crippen LogP contribution in [0.1, 0.15) is 58.6 Å². The number of hydrogen-bond acceptors (Lipinski definition) is 2. The molecule has 2 N–H and O–H groups in total. The van der Waals surface area contributed by atoms with E-state index < -0.39 is 0 Å². The lowest BCUT2D eigenvalue weighted by Crippen LogP contribution is -2.22. The lowest BCUT2D eigenvalue weighted by molar-refractivity contribution is 0.440. The third-order valence-electron chi connectivity index (χ3n) is 4.53. The predicted molar refractivity (Wildman–Crippen MR) is 98.1 cm³/mol. The molecule has 0 saturated carbocycles. The van der Waals surface area contributed by atoms with Crippen LogP contribution in [0.3, 0.4) is 0 Å². The van der Waals surface area contributed by atoms with Crippen LogP contribution in [0.25, 0.3) is 0 Å². The van der Waals surface area contributed by atoms with Crippen molar-refractivity contribution in [2.45, 2.75) is 52.9 Å². The summed E-state index contributed by atoms with van der Waals surface area (Å²) in [5.41, 5.74) is 1.75. The summed E-state index contributed by atoms with van der Waals surface area (Å²) in [6.45, 7) is 10.8. The molecule has 0 amide bonds. The highest BCUT2D eigenvalue weighted by Gasteiger charge is 2.29. The Morgan fingerprint density at radius 1 is 0.913 bits per heavy atom. The molecule has 1 atom stereocenters. The molecule has 0 fully saturated rings. The molecule has 0 heterocycles. The summed E-state index contributed by atoms with van der Waals surface area (Å²) in [7, 11) is 0. The molecule has 2 nitrogen and oxygen atoms in total. The first-order valence-corrected chi connectivity index (χ1v) is 8.43. The van der Waals surface area contributed by atoms with Gasteiger partial charge >= 0.3 is 0 Å². The summed E-state index contributed by atoms with van der Waals surface area (Å²) in [6.07, 6.45) is 2.18. The topological polar surface area (TPSA) is 40.5 Å². The maximum absolute atomic E-state index is 10.0. The second-order valence-corrected chi connectivity index (χ2v) is 6.55. The third-order valence-corrected chi connectivity index (χ3v) is 4.53. The van der Waals surface area contributed by atoms with Gasteiger partial charge in [-0.2, -0.15) is 0 Å². The van der Waals surface area contributed by atoms with E-state index in [1.807, 2.05) is 30.3 Å². The molecular formula is C21H30O2. The van der Waals surface area contributed by atoms with Gasteiger partial charge in [0.05, 0.1) is 0 Å². The lowest BCUT2D eigenvalue weighted by atomic mass is 9.74. The summed E-state index contributed by atoms with van der Waals surface area (Å²) >= 11 is 0. The molecular weight excluding hydrogens is 284 g/mol. The number of rotatable bonds is 4. The van der Waals surface area contributed by atoms with E-state index in [9.17, 15) is 10.2 Å². The van der Waals surface area contributed by atoms with E-state index in [1.54, 1.807) is 18.2 Å². The molecule has 2 heteroatoms. The van der Waals surface area contributed by atoms with Gasteiger partial charge in [0.15, 0.2) is 0 Å². The summed E-state index contributed by atoms with van der Waals surface area (Å²) in [5.74, 6) is 1.46. The van der Waals surface area contributed by atoms with Crippen LogP contribution in [0.4, 0.5) is 0 Å². The molecule has 0 aliphatic carbocycles. The quantitative estimate of drug-likeness (QED) is 0.741. The molecule has 0 aliphatic rings. The van der Waals surface area contributed by atoms with Crippen LogP contribution in [-0.2, 0) is 5.41 Å². The molecule has 23 heavy (non-hydrogen) atoms. The van der Waals surface area contributed by atoms with Gasteiger partial charge in [-0.1, -0.05) is 71.4 Å². The Labute approximate surface area is 140 Å². The normalized spacial score (nSPS) is 13.1. The van der Waals surface area contributed by atoms with E-state index in [4.69, 9.17) is 0 Å². The molecule has 2 aromatic rings. The molecule has 1 unspecified atom stereocenters. The first-order chi connectivity index (χ1) is 10.8. The van der Waals surface area contributed by atoms with Gasteiger partial charge in [-0.05, 0) is 36.1 Å². The Balaban J connectivity index is 0.000000463. The summed E-state index contributed by atoms with van der Waals surface area (Å²) in [5, 5.41) is 19.4. The lowest BCUT2D eigenvalue weighted by Gasteiger charge is -2.30. The van der Waals surface area contributed by atoms with Gasteiger partial charge in [-0.15, -0.1) is 0 Å². The predicted octanol–water partition coefficient (Wildman–Crippen LogP) is 5.87. The largest absolute Gasteiger partial charge is 0.508 e. The van der Waals surface area contributed by atoms with Crippen molar-refractivity contribution < 1.29 is 10.2 Å². The molecule has 0 aromatic heterocycles. The maximum Gasteiger partial charge on any atom is 0.119 e. The van der Waals surface area contributed by atoms with Crippen molar-refractivity contribution in [3.63, 3.8) is 0 Å². The number of phenols is 2. The van der Waals surface area contributed by atoms with Crippen LogP contribution in [0.5, 0.6) is 11.5 Å². The highest BCUT2D eigenvalue weighted by Crippen LogP contribution is 2.39. The molecule has 0 radical (unpaired) electrons. The second kappa shape index (κ2) is 8.61. The average Bonchev–Trinajstić information content (AvgIpc) is 2.55. The SMILES string of the molecule is CCC(C)(c1ccc(O)cc1)c1ccccc1O.CCC(C)C. The number of hydrogen-bond donors (Lipinski definition) is 2. The van der Waals surface area contributed by atoms with Crippen molar-refractivity contribution in [1.82, 2.24) is 0 Å². The van der Waals surface area contributed by atoms with Crippen molar-refractivity contribution >= 4 is 0 Å². The van der Waals surface area contributed by atoms with Crippen molar-refractivity contribution in [3.05, 3.63) is 59.7 Å². The molecule has 0 bridgehead atoms. The van der Waals surface area contributed by atoms with Gasteiger partial charge in [-0.25, -0.2) is 0 Å². The fourth-order valence-corrected chi connectivity index (χ4v) is 2.32. The highest BCUT2D eigenvalue weighted by atomic mass is 16.3. The van der Waals surface area contributed by atoms with Crippen LogP contribution in [0.2, 0.25) is 0 Å². The minimum atomic E-state index is -0.251. The van der Waals surface area contributed by atoms with Crippen molar-refractivity contribution in [2.75, 3.05) is 0 Å². The zero-order chi connectivity index (χ0) is 17.5. The van der Waals surface area contributed by atoms with Crippen molar-refractivity contribution in [2.24, 2.45) is 5.92 Å². The Kier molecular flexibility index (Phi) is 7.15. The summed E-state index contributed by atoms with van der Waals surface area (Å²) < 4.78 is 0. The summed E-state index contributed by atoms with van der Waals surface area (Å²) in [4.78, 5) is 0. The van der Waals surface area contributed by atoms with Gasteiger partial charge in [-0.3, -0.25) is 0 Å². The second-order valence-electron chi connectivity index (χ2n) is 6.55. The van der Waals surface area contributed by atoms with Gasteiger partial charge in [0.1, 0.15) is 11.5 Å². The molecule has 0 spiro atoms. The molecule has 0 saturated heterocycles. The third kappa shape index (κ3) is 5.02. The van der Waals surface area contributed by atoms with E-state index >= 15 is 0 Å². The van der Waals surface area contributed by atoms with Gasteiger partial charge in [0.2, 0.25) is 0 Å². The number of aromatic hydroxyl groups is 2. The Morgan fingerprint density at radius 2 is 1.43 bits per heavy atom. The van der Waals surface area contributed by atoms with Crippen molar-refractivity contribution in [1.29, 1.82) is 0 Å². The minimum Gasteiger partial charge on any atom is -0.508 e. The van der Waals surface area contributed by atoms with Crippen molar-refractivity contribution in [3.8, 4) is 11.5 Å². The molecule has 126 valence electrons. The molecule has 2 rings (SSSR count). The van der Waals surface area contributed by atoms with Crippen LogP contribution < -0.4 is 0 Å². The van der Waals surface area contributed by atoms with Crippen LogP contribution in [0.15, 0.2) is 48.5 Å². The Hall–Kier alpha value is -1.96. The maximum atomic E-state index is 10.0. The zero-order valence-corrected chi connectivity index (χ0v) is 15.0. The van der Waals surface area contributed by atoms with Crippen LogP contribution in [0, 0.1) is 5.92 Å². The summed E-state index contributed by atoms with van der Waals surface area (Å²) in [6, 6.07) is 14.6. The average molecular weight is 314 g/mol. The van der Waals surface area contributed by atoms with E-state index in [1.165, 1.54) is 6.42 Å². The van der Waals surface area contributed by atoms with Gasteiger partial charge in [0, 0.05) is 11.0 Å². The first kappa shape index (κ1) is 19.1. The van der Waals surface area contributed by atoms with Crippen LogP contribution in [-0.4, -0.2) is 10.2 Å². The first-order valence-electron chi connectivity index (χ1n) is 8.43. The standard InChI is InChI=1S/C16H18O2.C5H12/c1-3-16(2,12-8-10-13(17)11-9-12)14-6-4-5-7-15(14)18;1-4-5(2)3/h4-11,17-18H,3H2,1-2H3;5H,4H2,1-3H3. The number of benzene rings is 2. The fraction of sp³-hybridized carbons (Fsp3) is 0.429. The molecule has 2 aromatic carbocycles. The Bertz CT molecular complexity index is 587. The number of phenolic OH excluding ortho intramolecular Hbond substituents is 2. The van der Waals surface area contributed by atoms with E-state index in [0.29, 0.717) is 5.75 Å². The molecule has 0 aliphatic heterocycles. The smallest absolute Gasteiger partial charge is 0.119 e. The zero-order valence-electron chi connectivity index (χ0n) is 15.0.